The van der Waals surface area contributed by atoms with Crippen molar-refractivity contribution in [2.45, 2.75) is 13.8 Å². The smallest absolute Gasteiger partial charge is 0.309 e. The van der Waals surface area contributed by atoms with Crippen LogP contribution in [-0.2, 0) is 13.6 Å². The standard InChI is InChI=1S/C8H18NO3P/c1-3-11-13(10,12-4-2)8-7-9-5-6-9/h3-8H2,1-2H3. The van der Waals surface area contributed by atoms with E-state index in [9.17, 15) is 4.57 Å². The number of nitrogens with zero attached hydrogens (tertiary/aromatic N) is 1. The van der Waals surface area contributed by atoms with Gasteiger partial charge in [-0.15, -0.1) is 0 Å². The first-order valence-electron chi connectivity index (χ1n) is 4.80. The molecule has 0 aromatic rings. The number of hydrogen-bond donors (Lipinski definition) is 0. The molecule has 13 heavy (non-hydrogen) atoms. The van der Waals surface area contributed by atoms with Crippen LogP contribution in [0.5, 0.6) is 0 Å². The third kappa shape index (κ3) is 4.23. The van der Waals surface area contributed by atoms with Gasteiger partial charge in [0.1, 0.15) is 0 Å². The minimum atomic E-state index is -2.77. The molecule has 0 unspecified atom stereocenters. The molecule has 1 fully saturated rings. The van der Waals surface area contributed by atoms with Crippen LogP contribution in [-0.4, -0.2) is 43.9 Å². The van der Waals surface area contributed by atoms with Gasteiger partial charge in [0, 0.05) is 19.6 Å². The van der Waals surface area contributed by atoms with Crippen molar-refractivity contribution in [2.24, 2.45) is 0 Å². The number of rotatable bonds is 7. The Morgan fingerprint density at radius 1 is 1.23 bits per heavy atom. The molecule has 0 N–H and O–H groups in total. The summed E-state index contributed by atoms with van der Waals surface area (Å²) in [5, 5.41) is 0. The van der Waals surface area contributed by atoms with E-state index in [1.165, 1.54) is 0 Å². The van der Waals surface area contributed by atoms with Gasteiger partial charge < -0.3 is 13.9 Å². The molecular weight excluding hydrogens is 189 g/mol. The first-order valence-corrected chi connectivity index (χ1v) is 6.53. The first kappa shape index (κ1) is 11.2. The Bertz CT molecular complexity index is 184. The highest BCUT2D eigenvalue weighted by Gasteiger charge is 2.27. The zero-order valence-electron chi connectivity index (χ0n) is 8.36. The van der Waals surface area contributed by atoms with E-state index < -0.39 is 7.60 Å². The van der Waals surface area contributed by atoms with Crippen molar-refractivity contribution in [3.63, 3.8) is 0 Å². The monoisotopic (exact) mass is 207 g/mol. The molecule has 0 radical (unpaired) electrons. The van der Waals surface area contributed by atoms with Gasteiger partial charge in [0.15, 0.2) is 0 Å². The van der Waals surface area contributed by atoms with E-state index in [-0.39, 0.29) is 0 Å². The third-order valence-electron chi connectivity index (χ3n) is 1.88. The van der Waals surface area contributed by atoms with E-state index in [1.807, 2.05) is 13.8 Å². The molecule has 0 bridgehead atoms. The summed E-state index contributed by atoms with van der Waals surface area (Å²) in [7, 11) is -2.77. The lowest BCUT2D eigenvalue weighted by Crippen LogP contribution is -2.09. The quantitative estimate of drug-likeness (QED) is 0.469. The molecule has 0 aliphatic carbocycles. The summed E-state index contributed by atoms with van der Waals surface area (Å²) < 4.78 is 22.2. The van der Waals surface area contributed by atoms with E-state index in [1.54, 1.807) is 0 Å². The number of hydrogen-bond acceptors (Lipinski definition) is 4. The van der Waals surface area contributed by atoms with Crippen LogP contribution in [0.2, 0.25) is 0 Å². The summed E-state index contributed by atoms with van der Waals surface area (Å²) in [6.45, 7) is 7.66. The second-order valence-electron chi connectivity index (χ2n) is 3.01. The molecule has 1 aliphatic heterocycles. The van der Waals surface area contributed by atoms with Crippen molar-refractivity contribution in [2.75, 3.05) is 39.0 Å². The van der Waals surface area contributed by atoms with Crippen molar-refractivity contribution in [3.05, 3.63) is 0 Å². The van der Waals surface area contributed by atoms with Crippen LogP contribution in [0.15, 0.2) is 0 Å². The fourth-order valence-electron chi connectivity index (χ4n) is 1.12. The molecule has 4 nitrogen and oxygen atoms in total. The molecule has 0 spiro atoms. The topological polar surface area (TPSA) is 38.5 Å². The van der Waals surface area contributed by atoms with Crippen molar-refractivity contribution >= 4 is 7.60 Å². The van der Waals surface area contributed by atoms with Crippen LogP contribution >= 0.6 is 7.60 Å². The highest BCUT2D eigenvalue weighted by molar-refractivity contribution is 7.53. The lowest BCUT2D eigenvalue weighted by Gasteiger charge is -2.16. The molecule has 1 aliphatic rings. The fourth-order valence-corrected chi connectivity index (χ4v) is 2.77. The van der Waals surface area contributed by atoms with E-state index in [2.05, 4.69) is 4.90 Å². The largest absolute Gasteiger partial charge is 0.331 e. The second-order valence-corrected chi connectivity index (χ2v) is 5.20. The first-order chi connectivity index (χ1) is 6.20. The molecule has 5 heteroatoms. The maximum absolute atomic E-state index is 11.9. The van der Waals surface area contributed by atoms with Crippen molar-refractivity contribution < 1.29 is 13.6 Å². The summed E-state index contributed by atoms with van der Waals surface area (Å²) in [5.41, 5.74) is 0. The van der Waals surface area contributed by atoms with Crippen LogP contribution in [0, 0.1) is 0 Å². The van der Waals surface area contributed by atoms with Gasteiger partial charge in [0.25, 0.3) is 0 Å². The minimum Gasteiger partial charge on any atom is -0.309 e. The van der Waals surface area contributed by atoms with E-state index >= 15 is 0 Å². The van der Waals surface area contributed by atoms with Gasteiger partial charge in [-0.25, -0.2) is 0 Å². The predicted molar refractivity (Wildman–Crippen MR) is 52.2 cm³/mol. The van der Waals surface area contributed by atoms with Gasteiger partial charge in [-0.2, -0.15) is 0 Å². The highest BCUT2D eigenvalue weighted by Crippen LogP contribution is 2.47. The molecule has 1 rings (SSSR count). The molecular formula is C8H18NO3P. The summed E-state index contributed by atoms with van der Waals surface area (Å²) >= 11 is 0. The molecule has 0 amide bonds. The minimum absolute atomic E-state index is 0.456. The molecule has 0 atom stereocenters. The zero-order chi connectivity index (χ0) is 9.73. The maximum Gasteiger partial charge on any atom is 0.331 e. The Morgan fingerprint density at radius 3 is 2.15 bits per heavy atom. The SMILES string of the molecule is CCOP(=O)(CCN1CC1)OCC. The van der Waals surface area contributed by atoms with E-state index in [0.717, 1.165) is 19.6 Å². The molecule has 0 saturated carbocycles. The lowest BCUT2D eigenvalue weighted by molar-refractivity contribution is 0.219. The Labute approximate surface area is 79.7 Å². The Kier molecular flexibility index (Phi) is 4.39. The third-order valence-corrected chi connectivity index (χ3v) is 3.93. The molecule has 0 aromatic carbocycles. The van der Waals surface area contributed by atoms with Gasteiger partial charge >= 0.3 is 7.60 Å². The average Bonchev–Trinajstić information content (AvgIpc) is 2.85. The zero-order valence-corrected chi connectivity index (χ0v) is 9.26. The summed E-state index contributed by atoms with van der Waals surface area (Å²) in [5.74, 6) is 0. The Morgan fingerprint density at radius 2 is 1.77 bits per heavy atom. The van der Waals surface area contributed by atoms with Gasteiger partial charge in [-0.1, -0.05) is 0 Å². The average molecular weight is 207 g/mol. The molecule has 78 valence electrons. The summed E-state index contributed by atoms with van der Waals surface area (Å²) in [4.78, 5) is 2.21. The van der Waals surface area contributed by atoms with E-state index in [4.69, 9.17) is 9.05 Å². The predicted octanol–water partition coefficient (Wildman–Crippen LogP) is 1.57. The van der Waals surface area contributed by atoms with Gasteiger partial charge in [0.05, 0.1) is 19.4 Å². The van der Waals surface area contributed by atoms with Gasteiger partial charge in [0.2, 0.25) is 0 Å². The fraction of sp³-hybridized carbons (Fsp3) is 1.00. The lowest BCUT2D eigenvalue weighted by atomic mass is 10.8. The Hall–Kier alpha value is 0.110. The van der Waals surface area contributed by atoms with Gasteiger partial charge in [-0.3, -0.25) is 4.57 Å². The van der Waals surface area contributed by atoms with Crippen LogP contribution in [0.4, 0.5) is 0 Å². The Balaban J connectivity index is 2.29. The second kappa shape index (κ2) is 5.11. The summed E-state index contributed by atoms with van der Waals surface area (Å²) in [6.07, 6.45) is 0.522. The van der Waals surface area contributed by atoms with Gasteiger partial charge in [-0.05, 0) is 13.8 Å². The van der Waals surface area contributed by atoms with Crippen molar-refractivity contribution in [1.29, 1.82) is 0 Å². The van der Waals surface area contributed by atoms with Crippen LogP contribution < -0.4 is 0 Å². The van der Waals surface area contributed by atoms with E-state index in [0.29, 0.717) is 19.4 Å². The highest BCUT2D eigenvalue weighted by atomic mass is 31.2. The molecule has 1 saturated heterocycles. The van der Waals surface area contributed by atoms with Crippen molar-refractivity contribution in [3.8, 4) is 0 Å². The molecule has 0 aromatic heterocycles. The van der Waals surface area contributed by atoms with Crippen LogP contribution in [0.25, 0.3) is 0 Å². The summed E-state index contributed by atoms with van der Waals surface area (Å²) in [6, 6.07) is 0. The van der Waals surface area contributed by atoms with Crippen LogP contribution in [0.1, 0.15) is 13.8 Å². The molecule has 1 heterocycles. The normalized spacial score (nSPS) is 17.7. The van der Waals surface area contributed by atoms with Crippen molar-refractivity contribution in [1.82, 2.24) is 4.90 Å². The maximum atomic E-state index is 11.9. The van der Waals surface area contributed by atoms with Crippen LogP contribution in [0.3, 0.4) is 0 Å².